The third-order valence-electron chi connectivity index (χ3n) is 3.54. The van der Waals surface area contributed by atoms with E-state index in [1.165, 1.54) is 19.2 Å². The molecule has 28 heavy (non-hydrogen) atoms. The van der Waals surface area contributed by atoms with Crippen molar-refractivity contribution < 1.29 is 32.4 Å². The first-order valence-electron chi connectivity index (χ1n) is 7.46. The molecule has 0 fully saturated rings. The normalized spacial score (nSPS) is 10.8. The molecule has 0 aliphatic carbocycles. The smallest absolute Gasteiger partial charge is 0.338 e. The van der Waals surface area contributed by atoms with E-state index in [1.54, 1.807) is 0 Å². The Balaban J connectivity index is 2.44. The highest BCUT2D eigenvalue weighted by molar-refractivity contribution is 7.89. The highest BCUT2D eigenvalue weighted by Gasteiger charge is 2.20. The zero-order valence-electron chi connectivity index (χ0n) is 14.7. The third kappa shape index (κ3) is 4.61. The number of hydrogen-bond donors (Lipinski definition) is 2. The number of ether oxygens (including phenoxy) is 2. The molecule has 148 valence electrons. The maximum Gasteiger partial charge on any atom is 0.338 e. The molecular formula is C16H15N3O8S. The van der Waals surface area contributed by atoms with Crippen LogP contribution in [0, 0.1) is 10.1 Å². The Morgan fingerprint density at radius 2 is 1.75 bits per heavy atom. The number of methoxy groups -OCH3 is 2. The second-order valence-corrected chi connectivity index (χ2v) is 6.91. The first kappa shape index (κ1) is 20.8. The number of hydrogen-bond acceptors (Lipinski definition) is 8. The van der Waals surface area contributed by atoms with Gasteiger partial charge in [0.05, 0.1) is 24.7 Å². The highest BCUT2D eigenvalue weighted by Crippen LogP contribution is 2.27. The lowest BCUT2D eigenvalue weighted by Gasteiger charge is -2.11. The van der Waals surface area contributed by atoms with Gasteiger partial charge in [0.1, 0.15) is 10.6 Å². The van der Waals surface area contributed by atoms with E-state index in [2.05, 4.69) is 10.1 Å². The van der Waals surface area contributed by atoms with Gasteiger partial charge in [-0.15, -0.1) is 0 Å². The fraction of sp³-hybridized carbons (Fsp3) is 0.125. The van der Waals surface area contributed by atoms with E-state index in [4.69, 9.17) is 9.88 Å². The number of nitro groups is 1. The molecule has 2 aromatic carbocycles. The Morgan fingerprint density at radius 1 is 1.11 bits per heavy atom. The summed E-state index contributed by atoms with van der Waals surface area (Å²) in [5.41, 5.74) is -0.849. The number of amides is 1. The van der Waals surface area contributed by atoms with Crippen LogP contribution in [-0.2, 0) is 14.8 Å². The van der Waals surface area contributed by atoms with Crippen LogP contribution in [0.1, 0.15) is 20.7 Å². The van der Waals surface area contributed by atoms with Crippen LogP contribution in [0.3, 0.4) is 0 Å². The fourth-order valence-electron chi connectivity index (χ4n) is 2.26. The molecule has 0 unspecified atom stereocenters. The minimum atomic E-state index is -4.13. The van der Waals surface area contributed by atoms with Crippen molar-refractivity contribution in [1.29, 1.82) is 0 Å². The molecule has 12 heteroatoms. The predicted octanol–water partition coefficient (Wildman–Crippen LogP) is 1.29. The van der Waals surface area contributed by atoms with E-state index in [0.29, 0.717) is 0 Å². The van der Waals surface area contributed by atoms with Gasteiger partial charge in [-0.2, -0.15) is 0 Å². The first-order chi connectivity index (χ1) is 13.1. The van der Waals surface area contributed by atoms with Crippen LogP contribution >= 0.6 is 0 Å². The zero-order chi connectivity index (χ0) is 21.1. The van der Waals surface area contributed by atoms with Crippen molar-refractivity contribution >= 4 is 33.3 Å². The molecule has 0 atom stereocenters. The molecule has 2 aromatic rings. The van der Waals surface area contributed by atoms with Gasteiger partial charge in [-0.25, -0.2) is 18.4 Å². The number of nitrogens with two attached hydrogens (primary N) is 1. The lowest BCUT2D eigenvalue weighted by Crippen LogP contribution is -2.16. The van der Waals surface area contributed by atoms with Crippen molar-refractivity contribution in [2.75, 3.05) is 19.5 Å². The molecule has 1 amide bonds. The number of esters is 1. The number of carbonyl (C=O) groups excluding carboxylic acids is 2. The van der Waals surface area contributed by atoms with Crippen molar-refractivity contribution in [3.05, 3.63) is 57.6 Å². The van der Waals surface area contributed by atoms with Crippen molar-refractivity contribution in [3.63, 3.8) is 0 Å². The van der Waals surface area contributed by atoms with Gasteiger partial charge in [-0.05, 0) is 24.3 Å². The van der Waals surface area contributed by atoms with Crippen LogP contribution < -0.4 is 15.2 Å². The summed E-state index contributed by atoms with van der Waals surface area (Å²) in [6.45, 7) is 0. The second kappa shape index (κ2) is 8.02. The number of nitrogens with one attached hydrogen (secondary N) is 1. The van der Waals surface area contributed by atoms with Gasteiger partial charge in [-0.3, -0.25) is 14.9 Å². The molecule has 2 rings (SSSR count). The summed E-state index contributed by atoms with van der Waals surface area (Å²) < 4.78 is 32.7. The van der Waals surface area contributed by atoms with E-state index in [1.807, 2.05) is 0 Å². The Labute approximate surface area is 159 Å². The maximum absolute atomic E-state index is 12.5. The lowest BCUT2D eigenvalue weighted by atomic mass is 10.1. The molecular weight excluding hydrogens is 394 g/mol. The Morgan fingerprint density at radius 3 is 2.29 bits per heavy atom. The highest BCUT2D eigenvalue weighted by atomic mass is 32.2. The van der Waals surface area contributed by atoms with Crippen LogP contribution in [0.25, 0.3) is 0 Å². The van der Waals surface area contributed by atoms with E-state index in [9.17, 15) is 28.1 Å². The number of carbonyl (C=O) groups is 2. The van der Waals surface area contributed by atoms with Crippen molar-refractivity contribution in [3.8, 4) is 5.75 Å². The van der Waals surface area contributed by atoms with E-state index >= 15 is 0 Å². The molecule has 0 bridgehead atoms. The number of non-ortho nitro benzene ring substituents is 1. The largest absolute Gasteiger partial charge is 0.495 e. The Hall–Kier alpha value is -3.51. The third-order valence-corrected chi connectivity index (χ3v) is 4.47. The maximum atomic E-state index is 12.5. The minimum absolute atomic E-state index is 0.0242. The number of nitrogens with zero attached hydrogens (tertiary/aromatic N) is 1. The average molecular weight is 409 g/mol. The van der Waals surface area contributed by atoms with Crippen molar-refractivity contribution in [2.24, 2.45) is 5.14 Å². The van der Waals surface area contributed by atoms with Crippen LogP contribution in [0.5, 0.6) is 5.75 Å². The van der Waals surface area contributed by atoms with E-state index in [-0.39, 0.29) is 27.5 Å². The van der Waals surface area contributed by atoms with Gasteiger partial charge in [0.15, 0.2) is 0 Å². The van der Waals surface area contributed by atoms with Gasteiger partial charge in [-0.1, -0.05) is 0 Å². The van der Waals surface area contributed by atoms with Crippen molar-refractivity contribution in [2.45, 2.75) is 4.90 Å². The summed E-state index contributed by atoms with van der Waals surface area (Å²) in [7, 11) is -1.79. The number of rotatable bonds is 6. The van der Waals surface area contributed by atoms with Crippen LogP contribution in [0.4, 0.5) is 11.4 Å². The zero-order valence-corrected chi connectivity index (χ0v) is 15.5. The molecule has 0 saturated carbocycles. The average Bonchev–Trinajstić information content (AvgIpc) is 2.66. The molecule has 11 nitrogen and oxygen atoms in total. The summed E-state index contributed by atoms with van der Waals surface area (Å²) in [6, 6.07) is 6.75. The molecule has 0 saturated heterocycles. The molecule has 0 heterocycles. The molecule has 0 aliphatic rings. The number of anilines is 1. The summed E-state index contributed by atoms with van der Waals surface area (Å²) >= 11 is 0. The molecule has 0 aromatic heterocycles. The van der Waals surface area contributed by atoms with E-state index < -0.39 is 32.5 Å². The Bertz CT molecular complexity index is 1070. The standard InChI is InChI=1S/C16H15N3O8S/c1-26-13-4-3-11(8-14(13)28(17,24)25)18-15(20)9-5-10(16(21)27-2)7-12(6-9)19(22)23/h3-8H,1-2H3,(H,18,20)(H2,17,24,25). The molecule has 3 N–H and O–H groups in total. The van der Waals surface area contributed by atoms with Gasteiger partial charge >= 0.3 is 5.97 Å². The number of primary sulfonamides is 1. The van der Waals surface area contributed by atoms with E-state index in [0.717, 1.165) is 31.4 Å². The second-order valence-electron chi connectivity index (χ2n) is 5.38. The summed E-state index contributed by atoms with van der Waals surface area (Å²) in [5, 5.41) is 18.6. The summed E-state index contributed by atoms with van der Waals surface area (Å²) in [4.78, 5) is 34.1. The fourth-order valence-corrected chi connectivity index (χ4v) is 2.99. The molecule has 0 radical (unpaired) electrons. The molecule has 0 spiro atoms. The van der Waals surface area contributed by atoms with Gasteiger partial charge in [0.25, 0.3) is 11.6 Å². The number of nitro benzene ring substituents is 1. The van der Waals surface area contributed by atoms with Crippen LogP contribution in [0.2, 0.25) is 0 Å². The Kier molecular flexibility index (Phi) is 5.96. The van der Waals surface area contributed by atoms with Gasteiger partial charge in [0, 0.05) is 23.4 Å². The van der Waals surface area contributed by atoms with Crippen molar-refractivity contribution in [1.82, 2.24) is 0 Å². The topological polar surface area (TPSA) is 168 Å². The quantitative estimate of drug-likeness (QED) is 0.408. The number of benzene rings is 2. The number of sulfonamides is 1. The lowest BCUT2D eigenvalue weighted by molar-refractivity contribution is -0.384. The van der Waals surface area contributed by atoms with Crippen LogP contribution in [0.15, 0.2) is 41.3 Å². The molecule has 0 aliphatic heterocycles. The van der Waals surface area contributed by atoms with Crippen LogP contribution in [-0.4, -0.2) is 39.4 Å². The predicted molar refractivity (Wildman–Crippen MR) is 96.8 cm³/mol. The SMILES string of the molecule is COC(=O)c1cc(C(=O)Nc2ccc(OC)c(S(N)(=O)=O)c2)cc([N+](=O)[O-])c1. The summed E-state index contributed by atoms with van der Waals surface area (Å²) in [6.07, 6.45) is 0. The monoisotopic (exact) mass is 409 g/mol. The van der Waals surface area contributed by atoms with Gasteiger partial charge in [0.2, 0.25) is 10.0 Å². The minimum Gasteiger partial charge on any atom is -0.495 e. The summed E-state index contributed by atoms with van der Waals surface area (Å²) in [5.74, 6) is -1.71. The first-order valence-corrected chi connectivity index (χ1v) is 9.01. The van der Waals surface area contributed by atoms with Gasteiger partial charge < -0.3 is 14.8 Å².